The van der Waals surface area contributed by atoms with Gasteiger partial charge in [-0.25, -0.2) is 4.98 Å². The molecule has 30 heavy (non-hydrogen) atoms. The Bertz CT molecular complexity index is 1160. The van der Waals surface area contributed by atoms with Crippen molar-refractivity contribution in [1.29, 1.82) is 0 Å². The van der Waals surface area contributed by atoms with E-state index in [0.717, 1.165) is 40.5 Å². The molecule has 4 nitrogen and oxygen atoms in total. The molecule has 0 saturated heterocycles. The maximum atomic E-state index is 6.05. The van der Waals surface area contributed by atoms with Crippen molar-refractivity contribution in [2.24, 2.45) is 0 Å². The van der Waals surface area contributed by atoms with E-state index in [4.69, 9.17) is 4.74 Å². The van der Waals surface area contributed by atoms with E-state index >= 15 is 0 Å². The zero-order valence-corrected chi connectivity index (χ0v) is 18.1. The zero-order valence-electron chi connectivity index (χ0n) is 16.5. The molecule has 0 amide bonds. The quantitative estimate of drug-likeness (QED) is 0.336. The van der Waals surface area contributed by atoms with Crippen LogP contribution in [0.1, 0.15) is 29.9 Å². The Morgan fingerprint density at radius 1 is 0.967 bits per heavy atom. The minimum Gasteiger partial charge on any atom is -0.457 e. The van der Waals surface area contributed by atoms with Crippen molar-refractivity contribution in [3.63, 3.8) is 0 Å². The minimum atomic E-state index is 0.458. The number of aryl methyl sites for hydroxylation is 1. The number of hydrogen-bond donors (Lipinski definition) is 0. The van der Waals surface area contributed by atoms with Crippen molar-refractivity contribution < 1.29 is 4.74 Å². The van der Waals surface area contributed by atoms with Crippen LogP contribution in [0.3, 0.4) is 0 Å². The summed E-state index contributed by atoms with van der Waals surface area (Å²) < 4.78 is 9.28. The fourth-order valence-electron chi connectivity index (χ4n) is 4.22. The molecule has 150 valence electrons. The maximum absolute atomic E-state index is 6.05. The number of pyridine rings is 1. The van der Waals surface area contributed by atoms with E-state index in [-0.39, 0.29) is 0 Å². The first-order valence-electron chi connectivity index (χ1n) is 10.2. The average Bonchev–Trinajstić information content (AvgIpc) is 3.23. The minimum absolute atomic E-state index is 0.458. The zero-order chi connectivity index (χ0) is 20.3. The Morgan fingerprint density at radius 2 is 1.87 bits per heavy atom. The number of fused-ring (bicyclic) bond motifs is 1. The molecule has 4 aromatic rings. The largest absolute Gasteiger partial charge is 0.457 e. The number of para-hydroxylation sites is 1. The lowest BCUT2D eigenvalue weighted by molar-refractivity contribution is 0.468. The Balaban J connectivity index is 1.39. The topological polar surface area (TPSA) is 39.9 Å². The number of rotatable bonds is 5. The van der Waals surface area contributed by atoms with Gasteiger partial charge < -0.3 is 9.30 Å². The predicted molar refractivity (Wildman–Crippen MR) is 122 cm³/mol. The average molecular weight is 460 g/mol. The first-order valence-corrected chi connectivity index (χ1v) is 11.0. The summed E-state index contributed by atoms with van der Waals surface area (Å²) in [5.41, 5.74) is 3.70. The van der Waals surface area contributed by atoms with Gasteiger partial charge in [0.1, 0.15) is 17.2 Å². The van der Waals surface area contributed by atoms with Crippen LogP contribution in [-0.4, -0.2) is 14.5 Å². The summed E-state index contributed by atoms with van der Waals surface area (Å²) in [5.74, 6) is 3.14. The molecule has 1 aliphatic carbocycles. The number of aromatic nitrogens is 3. The SMILES string of the molecule is Brc1ccnc(-c2nccn2CC2CCCc3cc(Oc4ccccc4)ccc32)c1. The molecule has 2 aromatic carbocycles. The molecule has 1 unspecified atom stereocenters. The molecule has 0 spiro atoms. The second-order valence-electron chi connectivity index (χ2n) is 7.63. The summed E-state index contributed by atoms with van der Waals surface area (Å²) in [6.07, 6.45) is 9.18. The summed E-state index contributed by atoms with van der Waals surface area (Å²) in [6.45, 7) is 0.898. The second kappa shape index (κ2) is 8.44. The van der Waals surface area contributed by atoms with E-state index in [1.54, 1.807) is 0 Å². The third-order valence-corrected chi connectivity index (χ3v) is 6.11. The van der Waals surface area contributed by atoms with Crippen LogP contribution < -0.4 is 4.74 Å². The number of benzene rings is 2. The van der Waals surface area contributed by atoms with Gasteiger partial charge in [0, 0.05) is 35.5 Å². The van der Waals surface area contributed by atoms with E-state index in [0.29, 0.717) is 5.92 Å². The fraction of sp³-hybridized carbons (Fsp3) is 0.200. The highest BCUT2D eigenvalue weighted by Gasteiger charge is 2.22. The first-order chi connectivity index (χ1) is 14.8. The molecule has 0 bridgehead atoms. The summed E-state index contributed by atoms with van der Waals surface area (Å²) in [4.78, 5) is 9.07. The van der Waals surface area contributed by atoms with Gasteiger partial charge in [-0.1, -0.05) is 40.2 Å². The van der Waals surface area contributed by atoms with Crippen molar-refractivity contribution in [2.75, 3.05) is 0 Å². The fourth-order valence-corrected chi connectivity index (χ4v) is 4.56. The van der Waals surface area contributed by atoms with Crippen LogP contribution in [0.15, 0.2) is 83.7 Å². The molecule has 0 aliphatic heterocycles. The van der Waals surface area contributed by atoms with Crippen molar-refractivity contribution in [1.82, 2.24) is 14.5 Å². The molecule has 0 N–H and O–H groups in total. The highest BCUT2D eigenvalue weighted by atomic mass is 79.9. The van der Waals surface area contributed by atoms with Gasteiger partial charge in [-0.2, -0.15) is 0 Å². The van der Waals surface area contributed by atoms with Gasteiger partial charge in [0.05, 0.1) is 0 Å². The van der Waals surface area contributed by atoms with Gasteiger partial charge in [0.15, 0.2) is 5.82 Å². The predicted octanol–water partition coefficient (Wildman–Crippen LogP) is 6.62. The maximum Gasteiger partial charge on any atom is 0.158 e. The molecule has 0 saturated carbocycles. The molecule has 1 aliphatic rings. The lowest BCUT2D eigenvalue weighted by Crippen LogP contribution is -2.16. The highest BCUT2D eigenvalue weighted by molar-refractivity contribution is 9.10. The number of halogens is 1. The van der Waals surface area contributed by atoms with Crippen LogP contribution in [-0.2, 0) is 13.0 Å². The summed E-state index contributed by atoms with van der Waals surface area (Å²) in [6, 6.07) is 20.4. The van der Waals surface area contributed by atoms with Crippen molar-refractivity contribution in [3.05, 3.63) is 94.9 Å². The van der Waals surface area contributed by atoms with Crippen molar-refractivity contribution in [3.8, 4) is 23.0 Å². The van der Waals surface area contributed by atoms with Crippen LogP contribution in [0.4, 0.5) is 0 Å². The van der Waals surface area contributed by atoms with E-state index in [1.807, 2.05) is 54.9 Å². The molecule has 1 atom stereocenters. The number of nitrogens with zero attached hydrogens (tertiary/aromatic N) is 3. The van der Waals surface area contributed by atoms with Crippen LogP contribution in [0, 0.1) is 0 Å². The lowest BCUT2D eigenvalue weighted by atomic mass is 9.82. The summed E-state index contributed by atoms with van der Waals surface area (Å²) in [5, 5.41) is 0. The van der Waals surface area contributed by atoms with E-state index in [9.17, 15) is 0 Å². The molecular formula is C25H22BrN3O. The first kappa shape index (κ1) is 19.1. The van der Waals surface area contributed by atoms with Crippen LogP contribution in [0.25, 0.3) is 11.5 Å². The van der Waals surface area contributed by atoms with E-state index in [1.165, 1.54) is 24.0 Å². The molecule has 2 heterocycles. The smallest absolute Gasteiger partial charge is 0.158 e. The summed E-state index contributed by atoms with van der Waals surface area (Å²) >= 11 is 3.53. The standard InChI is InChI=1S/C25H22BrN3O/c26-20-11-12-27-24(16-20)25-28-13-14-29(25)17-19-6-4-5-18-15-22(9-10-23(18)19)30-21-7-2-1-3-8-21/h1-3,7-16,19H,4-6,17H2. The number of hydrogen-bond acceptors (Lipinski definition) is 3. The molecule has 0 fully saturated rings. The number of imidazole rings is 1. The Hall–Kier alpha value is -2.92. The molecule has 0 radical (unpaired) electrons. The monoisotopic (exact) mass is 459 g/mol. The van der Waals surface area contributed by atoms with Crippen LogP contribution in [0.5, 0.6) is 11.5 Å². The second-order valence-corrected chi connectivity index (χ2v) is 8.54. The van der Waals surface area contributed by atoms with Gasteiger partial charge in [0.2, 0.25) is 0 Å². The van der Waals surface area contributed by atoms with Gasteiger partial charge >= 0.3 is 0 Å². The molecular weight excluding hydrogens is 438 g/mol. The number of ether oxygens (including phenoxy) is 1. The normalized spacial score (nSPS) is 15.6. The van der Waals surface area contributed by atoms with Gasteiger partial charge in [-0.15, -0.1) is 0 Å². The lowest BCUT2D eigenvalue weighted by Gasteiger charge is -2.27. The van der Waals surface area contributed by atoms with Crippen LogP contribution >= 0.6 is 15.9 Å². The third-order valence-electron chi connectivity index (χ3n) is 5.62. The molecule has 5 rings (SSSR count). The Labute approximate surface area is 184 Å². The highest BCUT2D eigenvalue weighted by Crippen LogP contribution is 2.36. The van der Waals surface area contributed by atoms with Gasteiger partial charge in [0.25, 0.3) is 0 Å². The van der Waals surface area contributed by atoms with Crippen molar-refractivity contribution in [2.45, 2.75) is 31.7 Å². The van der Waals surface area contributed by atoms with Crippen LogP contribution in [0.2, 0.25) is 0 Å². The summed E-state index contributed by atoms with van der Waals surface area (Å²) in [7, 11) is 0. The molecule has 2 aromatic heterocycles. The van der Waals surface area contributed by atoms with E-state index < -0.39 is 0 Å². The van der Waals surface area contributed by atoms with Crippen molar-refractivity contribution >= 4 is 15.9 Å². The van der Waals surface area contributed by atoms with Gasteiger partial charge in [-0.3, -0.25) is 4.98 Å². The third kappa shape index (κ3) is 4.03. The Morgan fingerprint density at radius 3 is 2.73 bits per heavy atom. The van der Waals surface area contributed by atoms with E-state index in [2.05, 4.69) is 54.9 Å². The van der Waals surface area contributed by atoms with Gasteiger partial charge in [-0.05, 0) is 66.8 Å². The molecule has 5 heteroatoms. The Kier molecular flexibility index (Phi) is 5.37.